The van der Waals surface area contributed by atoms with E-state index in [4.69, 9.17) is 0 Å². The molecule has 7 nitrogen and oxygen atoms in total. The van der Waals surface area contributed by atoms with Gasteiger partial charge in [-0.3, -0.25) is 9.59 Å². The number of carbonyl (C=O) groups excluding carboxylic acids is 2. The summed E-state index contributed by atoms with van der Waals surface area (Å²) in [6.07, 6.45) is 1.79. The van der Waals surface area contributed by atoms with Crippen molar-refractivity contribution in [2.75, 3.05) is 16.4 Å². The molecule has 0 saturated carbocycles. The number of amides is 2. The first-order valence-corrected chi connectivity index (χ1v) is 11.2. The van der Waals surface area contributed by atoms with Crippen molar-refractivity contribution in [3.63, 3.8) is 0 Å². The van der Waals surface area contributed by atoms with Crippen LogP contribution >= 0.6 is 11.8 Å². The molecule has 0 aliphatic heterocycles. The van der Waals surface area contributed by atoms with Gasteiger partial charge in [-0.1, -0.05) is 36.0 Å². The Kier molecular flexibility index (Phi) is 7.83. The first kappa shape index (κ1) is 23.3. The number of rotatable bonds is 9. The number of hydrogen-bond donors (Lipinski definition) is 2. The van der Waals surface area contributed by atoms with E-state index in [0.29, 0.717) is 17.5 Å². The molecule has 32 heavy (non-hydrogen) atoms. The monoisotopic (exact) mass is 449 g/mol. The normalized spacial score (nSPS) is 10.6. The average Bonchev–Trinajstić information content (AvgIpc) is 3.11. The fourth-order valence-electron chi connectivity index (χ4n) is 3.09. The highest BCUT2D eigenvalue weighted by Crippen LogP contribution is 2.20. The molecule has 2 amide bonds. The van der Waals surface area contributed by atoms with Gasteiger partial charge < -0.3 is 15.2 Å². The van der Waals surface area contributed by atoms with Gasteiger partial charge in [0, 0.05) is 17.9 Å². The van der Waals surface area contributed by atoms with Gasteiger partial charge >= 0.3 is 0 Å². The van der Waals surface area contributed by atoms with Crippen molar-refractivity contribution in [1.82, 2.24) is 14.8 Å². The fraction of sp³-hybridized carbons (Fsp3) is 0.250. The van der Waals surface area contributed by atoms with Crippen LogP contribution in [0, 0.1) is 20.8 Å². The molecule has 2 N–H and O–H groups in total. The van der Waals surface area contributed by atoms with Crippen molar-refractivity contribution < 1.29 is 9.59 Å². The maximum Gasteiger partial charge on any atom is 0.234 e. The standard InChI is InChI=1S/C24H27N5O2S/c1-5-11-29-21(14-22(30)25-19-8-6-7-16(2)12-19)27-28-24(29)32-15-23(31)26-20-10-9-17(3)18(4)13-20/h5-10,12-13H,1,11,14-15H2,2-4H3,(H,25,30)(H,26,31). The number of benzene rings is 2. The van der Waals surface area contributed by atoms with Crippen molar-refractivity contribution in [2.45, 2.75) is 38.9 Å². The lowest BCUT2D eigenvalue weighted by Gasteiger charge is -2.09. The van der Waals surface area contributed by atoms with Gasteiger partial charge in [0.1, 0.15) is 5.82 Å². The molecular formula is C24H27N5O2S. The summed E-state index contributed by atoms with van der Waals surface area (Å²) in [7, 11) is 0. The van der Waals surface area contributed by atoms with E-state index in [1.54, 1.807) is 10.6 Å². The van der Waals surface area contributed by atoms with Gasteiger partial charge in [0.2, 0.25) is 11.8 Å². The Morgan fingerprint density at radius 2 is 1.75 bits per heavy atom. The molecule has 0 saturated heterocycles. The molecule has 3 aromatic rings. The van der Waals surface area contributed by atoms with Crippen molar-refractivity contribution in [3.05, 3.63) is 77.6 Å². The Morgan fingerprint density at radius 3 is 2.47 bits per heavy atom. The lowest BCUT2D eigenvalue weighted by atomic mass is 10.1. The van der Waals surface area contributed by atoms with E-state index in [-0.39, 0.29) is 24.0 Å². The highest BCUT2D eigenvalue weighted by atomic mass is 32.2. The van der Waals surface area contributed by atoms with Gasteiger partial charge in [-0.05, 0) is 61.7 Å². The second-order valence-electron chi connectivity index (χ2n) is 7.53. The summed E-state index contributed by atoms with van der Waals surface area (Å²) in [6.45, 7) is 10.2. The minimum absolute atomic E-state index is 0.0736. The fourth-order valence-corrected chi connectivity index (χ4v) is 3.85. The predicted octanol–water partition coefficient (Wildman–Crippen LogP) is 4.30. The number of nitrogens with zero attached hydrogens (tertiary/aromatic N) is 3. The SMILES string of the molecule is C=CCn1c(CC(=O)Nc2cccc(C)c2)nnc1SCC(=O)Nc1ccc(C)c(C)c1. The molecule has 0 aliphatic rings. The maximum absolute atomic E-state index is 12.5. The van der Waals surface area contributed by atoms with Crippen molar-refractivity contribution in [3.8, 4) is 0 Å². The highest BCUT2D eigenvalue weighted by Gasteiger charge is 2.16. The second kappa shape index (κ2) is 10.8. The van der Waals surface area contributed by atoms with Crippen LogP contribution in [-0.4, -0.2) is 32.3 Å². The Hall–Kier alpha value is -3.39. The van der Waals surface area contributed by atoms with Crippen molar-refractivity contribution in [1.29, 1.82) is 0 Å². The zero-order valence-corrected chi connectivity index (χ0v) is 19.3. The Balaban J connectivity index is 1.62. The summed E-state index contributed by atoms with van der Waals surface area (Å²) in [5, 5.41) is 14.7. The van der Waals surface area contributed by atoms with E-state index < -0.39 is 0 Å². The van der Waals surface area contributed by atoms with Gasteiger partial charge in [-0.25, -0.2) is 0 Å². The topological polar surface area (TPSA) is 88.9 Å². The number of hydrogen-bond acceptors (Lipinski definition) is 5. The van der Waals surface area contributed by atoms with Crippen LogP contribution in [0.4, 0.5) is 11.4 Å². The predicted molar refractivity (Wildman–Crippen MR) is 129 cm³/mol. The highest BCUT2D eigenvalue weighted by molar-refractivity contribution is 7.99. The molecule has 0 radical (unpaired) electrons. The number of carbonyl (C=O) groups is 2. The number of anilines is 2. The Morgan fingerprint density at radius 1 is 1.00 bits per heavy atom. The third kappa shape index (κ3) is 6.31. The number of aromatic nitrogens is 3. The van der Waals surface area contributed by atoms with E-state index in [1.807, 2.05) is 63.2 Å². The zero-order chi connectivity index (χ0) is 23.1. The number of nitrogens with one attached hydrogen (secondary N) is 2. The number of allylic oxidation sites excluding steroid dienone is 1. The lowest BCUT2D eigenvalue weighted by Crippen LogP contribution is -2.18. The van der Waals surface area contributed by atoms with Gasteiger partial charge in [0.15, 0.2) is 5.16 Å². The van der Waals surface area contributed by atoms with Crippen LogP contribution < -0.4 is 10.6 Å². The summed E-state index contributed by atoms with van der Waals surface area (Å²) in [4.78, 5) is 24.9. The quantitative estimate of drug-likeness (QED) is 0.376. The molecule has 1 aromatic heterocycles. The van der Waals surface area contributed by atoms with E-state index in [1.165, 1.54) is 17.3 Å². The smallest absolute Gasteiger partial charge is 0.234 e. The first-order chi connectivity index (χ1) is 15.4. The molecule has 0 aliphatic carbocycles. The van der Waals surface area contributed by atoms with Crippen LogP contribution in [0.2, 0.25) is 0 Å². The molecule has 3 rings (SSSR count). The third-order valence-corrected chi connectivity index (χ3v) is 5.82. The van der Waals surface area contributed by atoms with E-state index >= 15 is 0 Å². The van der Waals surface area contributed by atoms with Gasteiger partial charge in [0.05, 0.1) is 12.2 Å². The summed E-state index contributed by atoms with van der Waals surface area (Å²) in [5.74, 6) is 0.382. The minimum Gasteiger partial charge on any atom is -0.326 e. The van der Waals surface area contributed by atoms with E-state index in [9.17, 15) is 9.59 Å². The lowest BCUT2D eigenvalue weighted by molar-refractivity contribution is -0.116. The van der Waals surface area contributed by atoms with Crippen LogP contribution in [0.5, 0.6) is 0 Å². The van der Waals surface area contributed by atoms with Crippen LogP contribution in [-0.2, 0) is 22.6 Å². The summed E-state index contributed by atoms with van der Waals surface area (Å²) >= 11 is 1.27. The largest absolute Gasteiger partial charge is 0.326 e. The molecule has 0 bridgehead atoms. The molecule has 2 aromatic carbocycles. The molecular weight excluding hydrogens is 422 g/mol. The molecule has 0 spiro atoms. The van der Waals surface area contributed by atoms with Gasteiger partial charge in [-0.2, -0.15) is 0 Å². The van der Waals surface area contributed by atoms with E-state index in [0.717, 1.165) is 22.5 Å². The van der Waals surface area contributed by atoms with Crippen molar-refractivity contribution in [2.24, 2.45) is 0 Å². The molecule has 0 atom stereocenters. The number of thioether (sulfide) groups is 1. The van der Waals surface area contributed by atoms with Crippen LogP contribution in [0.25, 0.3) is 0 Å². The van der Waals surface area contributed by atoms with Gasteiger partial charge in [0.25, 0.3) is 0 Å². The minimum atomic E-state index is -0.183. The first-order valence-electron chi connectivity index (χ1n) is 10.2. The van der Waals surface area contributed by atoms with Crippen LogP contribution in [0.3, 0.4) is 0 Å². The summed E-state index contributed by atoms with van der Waals surface area (Å²) in [6, 6.07) is 13.4. The average molecular weight is 450 g/mol. The zero-order valence-electron chi connectivity index (χ0n) is 18.5. The van der Waals surface area contributed by atoms with Gasteiger partial charge in [-0.15, -0.1) is 16.8 Å². The molecule has 0 unspecified atom stereocenters. The molecule has 166 valence electrons. The molecule has 1 heterocycles. The Bertz CT molecular complexity index is 1140. The number of aryl methyl sites for hydroxylation is 3. The molecule has 8 heteroatoms. The second-order valence-corrected chi connectivity index (χ2v) is 8.47. The van der Waals surface area contributed by atoms with Crippen molar-refractivity contribution >= 4 is 35.0 Å². The summed E-state index contributed by atoms with van der Waals surface area (Å²) < 4.78 is 1.80. The maximum atomic E-state index is 12.5. The summed E-state index contributed by atoms with van der Waals surface area (Å²) in [5.41, 5.74) is 4.86. The van der Waals surface area contributed by atoms with E-state index in [2.05, 4.69) is 27.4 Å². The molecule has 0 fully saturated rings. The Labute approximate surface area is 192 Å². The van der Waals surface area contributed by atoms with Crippen LogP contribution in [0.1, 0.15) is 22.5 Å². The van der Waals surface area contributed by atoms with Crippen LogP contribution in [0.15, 0.2) is 60.3 Å². The third-order valence-electron chi connectivity index (χ3n) is 4.85.